The fourth-order valence-electron chi connectivity index (χ4n) is 3.22. The molecule has 0 bridgehead atoms. The molecule has 0 spiro atoms. The summed E-state index contributed by atoms with van der Waals surface area (Å²) in [6, 6.07) is 6.53. The largest absolute Gasteiger partial charge is 0.399 e. The molecule has 2 rings (SSSR count). The Balaban J connectivity index is 2.03. The fraction of sp³-hybridized carbons (Fsp3) is 0.684. The number of unbranched alkanes of at least 4 members (excludes halogenated alkanes) is 2. The van der Waals surface area contributed by atoms with Crippen LogP contribution in [0, 0.1) is 0 Å². The molecule has 0 radical (unpaired) electrons. The maximum Gasteiger partial charge on any atom is 0.0642 e. The van der Waals surface area contributed by atoms with Crippen molar-refractivity contribution < 1.29 is 4.74 Å². The Bertz CT molecular complexity index is 458. The van der Waals surface area contributed by atoms with Crippen molar-refractivity contribution in [2.75, 3.05) is 50.0 Å². The van der Waals surface area contributed by atoms with Crippen LogP contribution in [0.3, 0.4) is 0 Å². The number of anilines is 2. The van der Waals surface area contributed by atoms with Gasteiger partial charge in [0, 0.05) is 31.0 Å². The number of nitrogen functional groups attached to an aromatic ring is 1. The van der Waals surface area contributed by atoms with E-state index in [-0.39, 0.29) is 0 Å². The van der Waals surface area contributed by atoms with Gasteiger partial charge in [0.25, 0.3) is 0 Å². The van der Waals surface area contributed by atoms with Crippen LogP contribution in [-0.2, 0) is 11.3 Å². The molecule has 4 heteroatoms. The lowest BCUT2D eigenvalue weighted by molar-refractivity contribution is 0.122. The zero-order valence-corrected chi connectivity index (χ0v) is 14.9. The Hall–Kier alpha value is -1.26. The molecule has 0 unspecified atom stereocenters. The molecule has 1 aliphatic rings. The van der Waals surface area contributed by atoms with E-state index in [1.807, 2.05) is 0 Å². The molecule has 1 aliphatic heterocycles. The van der Waals surface area contributed by atoms with Crippen molar-refractivity contribution in [3.63, 3.8) is 0 Å². The molecule has 23 heavy (non-hydrogen) atoms. The summed E-state index contributed by atoms with van der Waals surface area (Å²) < 4.78 is 5.45. The number of benzene rings is 1. The van der Waals surface area contributed by atoms with Gasteiger partial charge in [0.1, 0.15) is 0 Å². The van der Waals surface area contributed by atoms with Crippen molar-refractivity contribution in [1.82, 2.24) is 4.90 Å². The highest BCUT2D eigenvalue weighted by atomic mass is 16.5. The van der Waals surface area contributed by atoms with Gasteiger partial charge < -0.3 is 15.4 Å². The van der Waals surface area contributed by atoms with E-state index in [4.69, 9.17) is 10.5 Å². The molecule has 1 aromatic rings. The van der Waals surface area contributed by atoms with Crippen LogP contribution < -0.4 is 10.6 Å². The number of hydrogen-bond acceptors (Lipinski definition) is 4. The first-order valence-corrected chi connectivity index (χ1v) is 9.17. The fourth-order valence-corrected chi connectivity index (χ4v) is 3.22. The summed E-state index contributed by atoms with van der Waals surface area (Å²) >= 11 is 0. The molecule has 4 nitrogen and oxygen atoms in total. The van der Waals surface area contributed by atoms with Gasteiger partial charge in [-0.2, -0.15) is 0 Å². The molecule has 0 amide bonds. The molecule has 1 heterocycles. The monoisotopic (exact) mass is 319 g/mol. The van der Waals surface area contributed by atoms with E-state index in [9.17, 15) is 0 Å². The minimum absolute atomic E-state index is 0.809. The first kappa shape index (κ1) is 18.1. The van der Waals surface area contributed by atoms with Crippen molar-refractivity contribution in [3.8, 4) is 0 Å². The summed E-state index contributed by atoms with van der Waals surface area (Å²) in [7, 11) is 0. The van der Waals surface area contributed by atoms with Crippen molar-refractivity contribution in [3.05, 3.63) is 23.8 Å². The maximum absolute atomic E-state index is 6.16. The number of hydrogen-bond donors (Lipinski definition) is 1. The van der Waals surface area contributed by atoms with Crippen LogP contribution in [0.2, 0.25) is 0 Å². The predicted octanol–water partition coefficient (Wildman–Crippen LogP) is 3.51. The molecule has 0 aliphatic carbocycles. The Morgan fingerprint density at radius 1 is 1.04 bits per heavy atom. The van der Waals surface area contributed by atoms with Crippen molar-refractivity contribution >= 4 is 11.4 Å². The quantitative estimate of drug-likeness (QED) is 0.559. The Kier molecular flexibility index (Phi) is 7.69. The SMILES string of the molecule is CCCCCN(CCC)Cc1cc(N)cc(N2CCOCC2)c1. The maximum atomic E-state index is 6.16. The topological polar surface area (TPSA) is 41.7 Å². The van der Waals surface area contributed by atoms with E-state index < -0.39 is 0 Å². The van der Waals surface area contributed by atoms with Gasteiger partial charge >= 0.3 is 0 Å². The Labute approximate surface area is 141 Å². The third-order valence-corrected chi connectivity index (χ3v) is 4.40. The van der Waals surface area contributed by atoms with Crippen molar-refractivity contribution in [2.24, 2.45) is 0 Å². The molecule has 2 N–H and O–H groups in total. The lowest BCUT2D eigenvalue weighted by atomic mass is 10.1. The summed E-state index contributed by atoms with van der Waals surface area (Å²) in [6.45, 7) is 11.4. The van der Waals surface area contributed by atoms with E-state index in [1.54, 1.807) is 0 Å². The minimum atomic E-state index is 0.809. The predicted molar refractivity (Wildman–Crippen MR) is 99.0 cm³/mol. The highest BCUT2D eigenvalue weighted by molar-refractivity contribution is 5.58. The molecule has 1 saturated heterocycles. The molecule has 1 aromatic carbocycles. The summed E-state index contributed by atoms with van der Waals surface area (Å²) in [5, 5.41) is 0. The summed E-state index contributed by atoms with van der Waals surface area (Å²) in [6.07, 6.45) is 5.08. The van der Waals surface area contributed by atoms with E-state index in [2.05, 4.69) is 41.8 Å². The molecule has 0 saturated carbocycles. The van der Waals surface area contributed by atoms with Crippen molar-refractivity contribution in [1.29, 1.82) is 0 Å². The second-order valence-corrected chi connectivity index (χ2v) is 6.52. The van der Waals surface area contributed by atoms with Crippen LogP contribution in [-0.4, -0.2) is 44.3 Å². The van der Waals surface area contributed by atoms with Gasteiger partial charge in [-0.05, 0) is 49.7 Å². The standard InChI is InChI=1S/C19H33N3O/c1-3-5-6-8-21(7-4-2)16-17-13-18(20)15-19(14-17)22-9-11-23-12-10-22/h13-15H,3-12,16,20H2,1-2H3. The van der Waals surface area contributed by atoms with Crippen LogP contribution in [0.4, 0.5) is 11.4 Å². The average molecular weight is 319 g/mol. The van der Waals surface area contributed by atoms with E-state index in [1.165, 1.54) is 43.5 Å². The second-order valence-electron chi connectivity index (χ2n) is 6.52. The molecule has 0 aromatic heterocycles. The van der Waals surface area contributed by atoms with Gasteiger partial charge in [-0.3, -0.25) is 4.90 Å². The van der Waals surface area contributed by atoms with Crippen molar-refractivity contribution in [2.45, 2.75) is 46.1 Å². The molecule has 130 valence electrons. The molecular weight excluding hydrogens is 286 g/mol. The molecular formula is C19H33N3O. The third kappa shape index (κ3) is 6.04. The summed E-state index contributed by atoms with van der Waals surface area (Å²) in [5.41, 5.74) is 9.60. The first-order valence-electron chi connectivity index (χ1n) is 9.17. The number of nitrogens with zero attached hydrogens (tertiary/aromatic N) is 2. The summed E-state index contributed by atoms with van der Waals surface area (Å²) in [5.74, 6) is 0. The van der Waals surface area contributed by atoms with Gasteiger partial charge in [0.2, 0.25) is 0 Å². The van der Waals surface area contributed by atoms with Crippen LogP contribution in [0.15, 0.2) is 18.2 Å². The Morgan fingerprint density at radius 3 is 2.52 bits per heavy atom. The number of rotatable bonds is 9. The van der Waals surface area contributed by atoms with E-state index in [0.29, 0.717) is 0 Å². The highest BCUT2D eigenvalue weighted by Crippen LogP contribution is 2.23. The first-order chi connectivity index (χ1) is 11.2. The highest BCUT2D eigenvalue weighted by Gasteiger charge is 2.13. The number of morpholine rings is 1. The normalized spacial score (nSPS) is 15.3. The van der Waals surface area contributed by atoms with Crippen LogP contribution in [0.25, 0.3) is 0 Å². The van der Waals surface area contributed by atoms with Gasteiger partial charge in [0.05, 0.1) is 13.2 Å². The van der Waals surface area contributed by atoms with Crippen LogP contribution in [0.1, 0.15) is 45.1 Å². The zero-order valence-electron chi connectivity index (χ0n) is 14.9. The number of nitrogens with two attached hydrogens (primary N) is 1. The van der Waals surface area contributed by atoms with Gasteiger partial charge in [0.15, 0.2) is 0 Å². The lowest BCUT2D eigenvalue weighted by Gasteiger charge is -2.30. The second kappa shape index (κ2) is 9.78. The third-order valence-electron chi connectivity index (χ3n) is 4.40. The van der Waals surface area contributed by atoms with Gasteiger partial charge in [-0.1, -0.05) is 26.7 Å². The van der Waals surface area contributed by atoms with E-state index in [0.717, 1.165) is 45.1 Å². The smallest absolute Gasteiger partial charge is 0.0642 e. The van der Waals surface area contributed by atoms with E-state index >= 15 is 0 Å². The number of ether oxygens (including phenoxy) is 1. The lowest BCUT2D eigenvalue weighted by Crippen LogP contribution is -2.36. The summed E-state index contributed by atoms with van der Waals surface area (Å²) in [4.78, 5) is 4.94. The zero-order chi connectivity index (χ0) is 16.5. The van der Waals surface area contributed by atoms with Gasteiger partial charge in [-0.25, -0.2) is 0 Å². The van der Waals surface area contributed by atoms with Gasteiger partial charge in [-0.15, -0.1) is 0 Å². The van der Waals surface area contributed by atoms with Crippen LogP contribution in [0.5, 0.6) is 0 Å². The Morgan fingerprint density at radius 2 is 1.83 bits per heavy atom. The molecule has 0 atom stereocenters. The molecule has 1 fully saturated rings. The minimum Gasteiger partial charge on any atom is -0.399 e. The average Bonchev–Trinajstić information content (AvgIpc) is 2.55. The van der Waals surface area contributed by atoms with Crippen LogP contribution >= 0.6 is 0 Å².